The summed E-state index contributed by atoms with van der Waals surface area (Å²) in [7, 11) is 0. The number of rotatable bonds is 5. The van der Waals surface area contributed by atoms with Crippen LogP contribution in [-0.4, -0.2) is 27.8 Å². The molecule has 0 bridgehead atoms. The van der Waals surface area contributed by atoms with Crippen LogP contribution in [0.15, 0.2) is 23.6 Å². The Bertz CT molecular complexity index is 344. The van der Waals surface area contributed by atoms with Gasteiger partial charge in [-0.1, -0.05) is 0 Å². The van der Waals surface area contributed by atoms with E-state index >= 15 is 0 Å². The fraction of sp³-hybridized carbons (Fsp3) is 0.500. The summed E-state index contributed by atoms with van der Waals surface area (Å²) in [5, 5.41) is 13.1. The lowest BCUT2D eigenvalue weighted by atomic mass is 10.4. The zero-order chi connectivity index (χ0) is 10.5. The van der Waals surface area contributed by atoms with E-state index in [1.807, 2.05) is 6.07 Å². The van der Waals surface area contributed by atoms with Crippen molar-refractivity contribution in [3.05, 3.63) is 18.6 Å². The fourth-order valence-electron chi connectivity index (χ4n) is 1.19. The molecule has 78 valence electrons. The van der Waals surface area contributed by atoms with Gasteiger partial charge in [0.15, 0.2) is 0 Å². The second-order valence-electron chi connectivity index (χ2n) is 3.48. The average Bonchev–Trinajstić information content (AvgIpc) is 3.09. The molecular weight excluding hydrogens is 208 g/mol. The highest BCUT2D eigenvalue weighted by atomic mass is 32.2. The number of nitrogens with zero attached hydrogens (tertiary/aromatic N) is 3. The Hall–Kier alpha value is -1.12. The summed E-state index contributed by atoms with van der Waals surface area (Å²) in [5.41, 5.74) is 0. The van der Waals surface area contributed by atoms with Gasteiger partial charge in [-0.05, 0) is 18.9 Å². The fourth-order valence-corrected chi connectivity index (χ4v) is 1.98. The van der Waals surface area contributed by atoms with Crippen LogP contribution in [-0.2, 0) is 0 Å². The normalized spacial score (nSPS) is 17.0. The van der Waals surface area contributed by atoms with Gasteiger partial charge in [0.25, 0.3) is 0 Å². The van der Waals surface area contributed by atoms with Crippen LogP contribution in [0, 0.1) is 11.3 Å². The van der Waals surface area contributed by atoms with Crippen LogP contribution in [0.25, 0.3) is 0 Å². The van der Waals surface area contributed by atoms with Gasteiger partial charge in [-0.3, -0.25) is 5.32 Å². The number of nitrogens with one attached hydrogen (secondary N) is 1. The SMILES string of the molecule is N#CC(CSc1ccncn1)NC1CC1. The molecule has 1 aromatic rings. The maximum absolute atomic E-state index is 8.92. The van der Waals surface area contributed by atoms with Crippen LogP contribution in [0.3, 0.4) is 0 Å². The first-order valence-electron chi connectivity index (χ1n) is 4.93. The van der Waals surface area contributed by atoms with Gasteiger partial charge in [0.05, 0.1) is 11.1 Å². The Labute approximate surface area is 93.1 Å². The van der Waals surface area contributed by atoms with E-state index in [-0.39, 0.29) is 6.04 Å². The maximum Gasteiger partial charge on any atom is 0.116 e. The number of thioether (sulfide) groups is 1. The lowest BCUT2D eigenvalue weighted by Gasteiger charge is -2.09. The Kier molecular flexibility index (Phi) is 3.54. The van der Waals surface area contributed by atoms with E-state index in [1.54, 1.807) is 18.0 Å². The van der Waals surface area contributed by atoms with E-state index in [0.717, 1.165) is 10.8 Å². The van der Waals surface area contributed by atoms with Gasteiger partial charge in [-0.2, -0.15) is 5.26 Å². The Balaban J connectivity index is 1.78. The molecule has 2 rings (SSSR count). The highest BCUT2D eigenvalue weighted by Gasteiger charge is 2.24. The second kappa shape index (κ2) is 5.10. The van der Waals surface area contributed by atoms with Gasteiger partial charge in [-0.15, -0.1) is 11.8 Å². The van der Waals surface area contributed by atoms with Crippen molar-refractivity contribution >= 4 is 11.8 Å². The van der Waals surface area contributed by atoms with Crippen molar-refractivity contribution < 1.29 is 0 Å². The molecule has 4 nitrogen and oxygen atoms in total. The molecular formula is C10H12N4S. The molecule has 1 aliphatic carbocycles. The van der Waals surface area contributed by atoms with Gasteiger partial charge in [0.1, 0.15) is 12.4 Å². The van der Waals surface area contributed by atoms with Crippen molar-refractivity contribution in [1.82, 2.24) is 15.3 Å². The molecule has 0 aromatic carbocycles. The van der Waals surface area contributed by atoms with Crippen molar-refractivity contribution in [3.63, 3.8) is 0 Å². The molecule has 0 saturated heterocycles. The molecule has 0 aliphatic heterocycles. The summed E-state index contributed by atoms with van der Waals surface area (Å²) < 4.78 is 0. The molecule has 1 heterocycles. The molecule has 1 aliphatic rings. The standard InChI is InChI=1S/C10H12N4S/c11-5-9(14-8-1-2-8)6-15-10-3-4-12-7-13-10/h3-4,7-9,14H,1-2,6H2. The van der Waals surface area contributed by atoms with Crippen molar-refractivity contribution in [2.24, 2.45) is 0 Å². The summed E-state index contributed by atoms with van der Waals surface area (Å²) in [6, 6.07) is 4.62. The minimum Gasteiger partial charge on any atom is -0.298 e. The molecule has 1 N–H and O–H groups in total. The average molecular weight is 220 g/mol. The predicted molar refractivity (Wildman–Crippen MR) is 58.3 cm³/mol. The van der Waals surface area contributed by atoms with Crippen molar-refractivity contribution in [1.29, 1.82) is 5.26 Å². The molecule has 0 radical (unpaired) electrons. The minimum absolute atomic E-state index is 0.0718. The van der Waals surface area contributed by atoms with Crippen LogP contribution in [0.5, 0.6) is 0 Å². The van der Waals surface area contributed by atoms with Crippen LogP contribution in [0.1, 0.15) is 12.8 Å². The van der Waals surface area contributed by atoms with E-state index < -0.39 is 0 Å². The first kappa shape index (κ1) is 10.4. The first-order chi connectivity index (χ1) is 7.38. The van der Waals surface area contributed by atoms with E-state index in [2.05, 4.69) is 21.4 Å². The molecule has 1 aromatic heterocycles. The summed E-state index contributed by atoms with van der Waals surface area (Å²) >= 11 is 1.59. The Morgan fingerprint density at radius 2 is 2.53 bits per heavy atom. The largest absolute Gasteiger partial charge is 0.298 e. The smallest absolute Gasteiger partial charge is 0.116 e. The minimum atomic E-state index is -0.0718. The summed E-state index contributed by atoms with van der Waals surface area (Å²) in [4.78, 5) is 7.94. The van der Waals surface area contributed by atoms with Crippen LogP contribution >= 0.6 is 11.8 Å². The van der Waals surface area contributed by atoms with E-state index in [0.29, 0.717) is 6.04 Å². The van der Waals surface area contributed by atoms with Crippen LogP contribution in [0.4, 0.5) is 0 Å². The van der Waals surface area contributed by atoms with Crippen LogP contribution < -0.4 is 5.32 Å². The number of hydrogen-bond donors (Lipinski definition) is 1. The topological polar surface area (TPSA) is 61.6 Å². The van der Waals surface area contributed by atoms with E-state index in [4.69, 9.17) is 5.26 Å². The third-order valence-corrected chi connectivity index (χ3v) is 3.16. The summed E-state index contributed by atoms with van der Waals surface area (Å²) in [5.74, 6) is 0.740. The zero-order valence-corrected chi connectivity index (χ0v) is 9.07. The van der Waals surface area contributed by atoms with Crippen LogP contribution in [0.2, 0.25) is 0 Å². The first-order valence-corrected chi connectivity index (χ1v) is 5.91. The third-order valence-electron chi connectivity index (χ3n) is 2.12. The van der Waals surface area contributed by atoms with Crippen molar-refractivity contribution in [3.8, 4) is 6.07 Å². The van der Waals surface area contributed by atoms with Crippen molar-refractivity contribution in [2.75, 3.05) is 5.75 Å². The number of nitriles is 1. The monoisotopic (exact) mass is 220 g/mol. The highest BCUT2D eigenvalue weighted by Crippen LogP contribution is 2.21. The molecule has 1 saturated carbocycles. The second-order valence-corrected chi connectivity index (χ2v) is 4.52. The molecule has 0 amide bonds. The molecule has 1 unspecified atom stereocenters. The lowest BCUT2D eigenvalue weighted by Crippen LogP contribution is -2.31. The third kappa shape index (κ3) is 3.50. The van der Waals surface area contributed by atoms with Crippen molar-refractivity contribution in [2.45, 2.75) is 30.0 Å². The highest BCUT2D eigenvalue weighted by molar-refractivity contribution is 7.99. The predicted octanol–water partition coefficient (Wildman–Crippen LogP) is 1.21. The number of hydrogen-bond acceptors (Lipinski definition) is 5. The lowest BCUT2D eigenvalue weighted by molar-refractivity contribution is 0.644. The quantitative estimate of drug-likeness (QED) is 0.597. The summed E-state index contributed by atoms with van der Waals surface area (Å²) in [6.07, 6.45) is 5.65. The van der Waals surface area contributed by atoms with Gasteiger partial charge in [-0.25, -0.2) is 9.97 Å². The molecule has 1 atom stereocenters. The van der Waals surface area contributed by atoms with E-state index in [9.17, 15) is 0 Å². The zero-order valence-electron chi connectivity index (χ0n) is 8.26. The Morgan fingerprint density at radius 1 is 1.67 bits per heavy atom. The van der Waals surface area contributed by atoms with Gasteiger partial charge in [0, 0.05) is 18.0 Å². The molecule has 5 heteroatoms. The summed E-state index contributed by atoms with van der Waals surface area (Å²) in [6.45, 7) is 0. The number of aromatic nitrogens is 2. The molecule has 15 heavy (non-hydrogen) atoms. The van der Waals surface area contributed by atoms with E-state index in [1.165, 1.54) is 19.2 Å². The van der Waals surface area contributed by atoms with Gasteiger partial charge in [0.2, 0.25) is 0 Å². The van der Waals surface area contributed by atoms with Gasteiger partial charge < -0.3 is 0 Å². The van der Waals surface area contributed by atoms with Gasteiger partial charge >= 0.3 is 0 Å². The molecule has 0 spiro atoms. The molecule has 1 fully saturated rings. The maximum atomic E-state index is 8.92. The Morgan fingerprint density at radius 3 is 3.13 bits per heavy atom.